The average Bonchev–Trinajstić information content (AvgIpc) is 3.25. The van der Waals surface area contributed by atoms with Gasteiger partial charge in [0, 0.05) is 6.42 Å². The molecule has 3 unspecified atom stereocenters. The number of esters is 1. The minimum atomic E-state index is -0.796. The number of hydrogen-bond donors (Lipinski definition) is 3. The van der Waals surface area contributed by atoms with Crippen molar-refractivity contribution in [3.8, 4) is 0 Å². The zero-order valence-electron chi connectivity index (χ0n) is 40.3. The third-order valence-electron chi connectivity index (χ3n) is 11.6. The Kier molecular flexibility index (Phi) is 46.6. The van der Waals surface area contributed by atoms with Crippen LogP contribution in [0.5, 0.6) is 0 Å². The molecule has 1 amide bonds. The summed E-state index contributed by atoms with van der Waals surface area (Å²) in [7, 11) is 0. The number of hydrogen-bond acceptors (Lipinski definition) is 5. The second-order valence-electron chi connectivity index (χ2n) is 17.5. The molecule has 0 heterocycles. The van der Waals surface area contributed by atoms with Crippen LogP contribution in [0, 0.1) is 0 Å². The molecule has 61 heavy (non-hydrogen) atoms. The van der Waals surface area contributed by atoms with Crippen LogP contribution in [0.15, 0.2) is 60.8 Å². The lowest BCUT2D eigenvalue weighted by atomic mass is 10.0. The SMILES string of the molecule is CC/C=C/C/C=C/C/C=C/CCCCCCC(CC(=O)NC(CO)C(O)CCCCCCCCCCCCCCCC)OC(=O)CCCCCCCCC/C=C/C/C=C/CC. The van der Waals surface area contributed by atoms with Gasteiger partial charge in [0.05, 0.1) is 25.2 Å². The summed E-state index contributed by atoms with van der Waals surface area (Å²) in [4.78, 5) is 26.1. The number of allylic oxidation sites excluding steroid dienone is 10. The van der Waals surface area contributed by atoms with E-state index in [2.05, 4.69) is 86.8 Å². The van der Waals surface area contributed by atoms with E-state index >= 15 is 0 Å². The second kappa shape index (κ2) is 48.6. The fourth-order valence-corrected chi connectivity index (χ4v) is 7.72. The Morgan fingerprint density at radius 1 is 0.492 bits per heavy atom. The van der Waals surface area contributed by atoms with Gasteiger partial charge in [-0.3, -0.25) is 9.59 Å². The zero-order chi connectivity index (χ0) is 44.5. The molecule has 0 rings (SSSR count). The first-order valence-corrected chi connectivity index (χ1v) is 26.0. The summed E-state index contributed by atoms with van der Waals surface area (Å²) < 4.78 is 5.92. The van der Waals surface area contributed by atoms with Crippen LogP contribution in [0.2, 0.25) is 0 Å². The van der Waals surface area contributed by atoms with E-state index in [0.717, 1.165) is 109 Å². The fraction of sp³-hybridized carbons (Fsp3) is 0.782. The number of nitrogens with one attached hydrogen (secondary N) is 1. The summed E-state index contributed by atoms with van der Waals surface area (Å²) in [6, 6.07) is -0.711. The fourth-order valence-electron chi connectivity index (χ4n) is 7.72. The van der Waals surface area contributed by atoms with Gasteiger partial charge in [-0.05, 0) is 83.5 Å². The van der Waals surface area contributed by atoms with Crippen LogP contribution >= 0.6 is 0 Å². The van der Waals surface area contributed by atoms with Crippen LogP contribution in [0.25, 0.3) is 0 Å². The molecule has 0 fully saturated rings. The molecule has 354 valence electrons. The summed E-state index contributed by atoms with van der Waals surface area (Å²) in [5, 5.41) is 23.8. The number of carbonyl (C=O) groups is 2. The van der Waals surface area contributed by atoms with Crippen LogP contribution in [0.1, 0.15) is 252 Å². The predicted octanol–water partition coefficient (Wildman–Crippen LogP) is 15.6. The van der Waals surface area contributed by atoms with E-state index in [4.69, 9.17) is 4.74 Å². The van der Waals surface area contributed by atoms with Crippen molar-refractivity contribution in [2.45, 2.75) is 270 Å². The molecule has 0 aliphatic heterocycles. The molecule has 0 saturated heterocycles. The molecule has 0 bridgehead atoms. The highest BCUT2D eigenvalue weighted by Gasteiger charge is 2.24. The smallest absolute Gasteiger partial charge is 0.306 e. The van der Waals surface area contributed by atoms with Crippen molar-refractivity contribution >= 4 is 11.9 Å². The number of unbranched alkanes of at least 4 members (excludes halogenated alkanes) is 24. The number of amides is 1. The molecule has 0 aromatic heterocycles. The Bertz CT molecular complexity index is 1090. The second-order valence-corrected chi connectivity index (χ2v) is 17.5. The van der Waals surface area contributed by atoms with Gasteiger partial charge in [-0.2, -0.15) is 0 Å². The highest BCUT2D eigenvalue weighted by atomic mass is 16.5. The number of aliphatic hydroxyl groups excluding tert-OH is 2. The Morgan fingerprint density at radius 2 is 0.885 bits per heavy atom. The first-order valence-electron chi connectivity index (χ1n) is 26.0. The summed E-state index contributed by atoms with van der Waals surface area (Å²) in [6.45, 7) is 6.27. The van der Waals surface area contributed by atoms with E-state index in [9.17, 15) is 19.8 Å². The largest absolute Gasteiger partial charge is 0.462 e. The van der Waals surface area contributed by atoms with E-state index in [0.29, 0.717) is 19.3 Å². The summed E-state index contributed by atoms with van der Waals surface area (Å²) >= 11 is 0. The number of aliphatic hydroxyl groups is 2. The quantitative estimate of drug-likeness (QED) is 0.0322. The van der Waals surface area contributed by atoms with Crippen molar-refractivity contribution in [2.75, 3.05) is 6.61 Å². The lowest BCUT2D eigenvalue weighted by molar-refractivity contribution is -0.151. The molecular formula is C55H99NO5. The maximum Gasteiger partial charge on any atom is 0.306 e. The van der Waals surface area contributed by atoms with Crippen molar-refractivity contribution in [2.24, 2.45) is 0 Å². The van der Waals surface area contributed by atoms with Gasteiger partial charge in [-0.15, -0.1) is 0 Å². The standard InChI is InChI=1S/C55H99NO5/c1-4-7-10-13-16-19-22-25-28-31-34-37-40-43-46-51(61-55(60)48-45-42-39-36-33-30-27-24-21-18-15-12-9-6-3)49-54(59)56-52(50-57)53(58)47-44-41-38-35-32-29-26-23-20-17-14-11-8-5-2/h7,9-10,12,16,18-19,21,25,28,51-53,57-58H,4-6,8,11,13-15,17,20,22-24,26-27,29-50H2,1-3H3,(H,56,59)/b10-7+,12-9+,19-16+,21-18+,28-25+. The molecular weight excluding hydrogens is 755 g/mol. The van der Waals surface area contributed by atoms with Gasteiger partial charge in [-0.25, -0.2) is 0 Å². The molecule has 0 saturated carbocycles. The number of rotatable bonds is 46. The van der Waals surface area contributed by atoms with E-state index in [-0.39, 0.29) is 24.9 Å². The molecule has 0 aromatic rings. The van der Waals surface area contributed by atoms with E-state index < -0.39 is 18.2 Å². The van der Waals surface area contributed by atoms with E-state index in [1.165, 1.54) is 96.3 Å². The van der Waals surface area contributed by atoms with Crippen LogP contribution in [0.3, 0.4) is 0 Å². The minimum absolute atomic E-state index is 0.0585. The van der Waals surface area contributed by atoms with Gasteiger partial charge in [-0.1, -0.05) is 216 Å². The van der Waals surface area contributed by atoms with E-state index in [1.54, 1.807) is 0 Å². The molecule has 3 atom stereocenters. The topological polar surface area (TPSA) is 95.9 Å². The summed E-state index contributed by atoms with van der Waals surface area (Å²) in [5.41, 5.74) is 0. The van der Waals surface area contributed by atoms with E-state index in [1.807, 2.05) is 0 Å². The third kappa shape index (κ3) is 44.0. The molecule has 6 heteroatoms. The lowest BCUT2D eigenvalue weighted by Crippen LogP contribution is -2.46. The van der Waals surface area contributed by atoms with Gasteiger partial charge >= 0.3 is 5.97 Å². The maximum absolute atomic E-state index is 13.2. The van der Waals surface area contributed by atoms with Gasteiger partial charge in [0.25, 0.3) is 0 Å². The van der Waals surface area contributed by atoms with Crippen molar-refractivity contribution < 1.29 is 24.5 Å². The van der Waals surface area contributed by atoms with Crippen LogP contribution in [-0.2, 0) is 14.3 Å². The normalized spacial score (nSPS) is 13.7. The van der Waals surface area contributed by atoms with Crippen molar-refractivity contribution in [3.05, 3.63) is 60.8 Å². The molecule has 0 aromatic carbocycles. The van der Waals surface area contributed by atoms with Crippen molar-refractivity contribution in [1.29, 1.82) is 0 Å². The Balaban J connectivity index is 4.61. The Labute approximate surface area is 378 Å². The monoisotopic (exact) mass is 854 g/mol. The van der Waals surface area contributed by atoms with Gasteiger partial charge < -0.3 is 20.3 Å². The van der Waals surface area contributed by atoms with Crippen molar-refractivity contribution in [1.82, 2.24) is 5.32 Å². The van der Waals surface area contributed by atoms with Gasteiger partial charge in [0.1, 0.15) is 6.10 Å². The average molecular weight is 854 g/mol. The van der Waals surface area contributed by atoms with Crippen LogP contribution in [0.4, 0.5) is 0 Å². The molecule has 6 nitrogen and oxygen atoms in total. The first kappa shape index (κ1) is 58.6. The highest BCUT2D eigenvalue weighted by Crippen LogP contribution is 2.18. The summed E-state index contributed by atoms with van der Waals surface area (Å²) in [5.74, 6) is -0.503. The van der Waals surface area contributed by atoms with Crippen LogP contribution in [-0.4, -0.2) is 46.9 Å². The molecule has 0 aliphatic rings. The molecule has 0 aliphatic carbocycles. The number of carbonyl (C=O) groups excluding carboxylic acids is 2. The van der Waals surface area contributed by atoms with Gasteiger partial charge in [0.15, 0.2) is 0 Å². The highest BCUT2D eigenvalue weighted by molar-refractivity contribution is 5.77. The minimum Gasteiger partial charge on any atom is -0.462 e. The number of ether oxygens (including phenoxy) is 1. The first-order chi connectivity index (χ1) is 30.0. The van der Waals surface area contributed by atoms with Gasteiger partial charge in [0.2, 0.25) is 5.91 Å². The van der Waals surface area contributed by atoms with Crippen molar-refractivity contribution in [3.63, 3.8) is 0 Å². The molecule has 0 radical (unpaired) electrons. The maximum atomic E-state index is 13.2. The molecule has 3 N–H and O–H groups in total. The predicted molar refractivity (Wildman–Crippen MR) is 264 cm³/mol. The van der Waals surface area contributed by atoms with Crippen LogP contribution < -0.4 is 5.32 Å². The lowest BCUT2D eigenvalue weighted by Gasteiger charge is -2.24. The Hall–Kier alpha value is -2.44. The molecule has 0 spiro atoms. The Morgan fingerprint density at radius 3 is 1.34 bits per heavy atom. The summed E-state index contributed by atoms with van der Waals surface area (Å²) in [6.07, 6.45) is 59.9. The zero-order valence-corrected chi connectivity index (χ0v) is 40.3. The third-order valence-corrected chi connectivity index (χ3v) is 11.6.